The second kappa shape index (κ2) is 12.3. The first-order valence-corrected chi connectivity index (χ1v) is 19.4. The molecule has 1 aromatic heterocycles. The molecule has 0 aliphatic heterocycles. The Kier molecular flexibility index (Phi) is 7.11. The van der Waals surface area contributed by atoms with Crippen LogP contribution in [-0.2, 0) is 10.8 Å². The van der Waals surface area contributed by atoms with Gasteiger partial charge in [-0.1, -0.05) is 196 Å². The largest absolute Gasteiger partial charge is 0.208 e. The summed E-state index contributed by atoms with van der Waals surface area (Å²) in [6.45, 7) is 4.75. The first-order valence-electron chi connectivity index (χ1n) is 19.4. The smallest absolute Gasteiger partial charge is 0.164 e. The summed E-state index contributed by atoms with van der Waals surface area (Å²) >= 11 is 0. The van der Waals surface area contributed by atoms with Gasteiger partial charge < -0.3 is 0 Å². The molecule has 0 saturated heterocycles. The summed E-state index contributed by atoms with van der Waals surface area (Å²) in [5.74, 6) is 1.96. The van der Waals surface area contributed by atoms with Crippen molar-refractivity contribution >= 4 is 10.8 Å². The fourth-order valence-corrected chi connectivity index (χ4v) is 9.79. The third-order valence-corrected chi connectivity index (χ3v) is 12.2. The van der Waals surface area contributed by atoms with Gasteiger partial charge in [-0.3, -0.25) is 0 Å². The van der Waals surface area contributed by atoms with Gasteiger partial charge in [-0.05, 0) is 72.5 Å². The van der Waals surface area contributed by atoms with Gasteiger partial charge in [0.1, 0.15) is 0 Å². The molecular formula is C53H37N3. The van der Waals surface area contributed by atoms with Gasteiger partial charge in [-0.25, -0.2) is 15.0 Å². The molecule has 0 N–H and O–H groups in total. The molecule has 0 fully saturated rings. The minimum Gasteiger partial charge on any atom is -0.208 e. The van der Waals surface area contributed by atoms with Gasteiger partial charge in [-0.15, -0.1) is 0 Å². The Morgan fingerprint density at radius 1 is 0.304 bits per heavy atom. The molecule has 11 rings (SSSR count). The van der Waals surface area contributed by atoms with Crippen LogP contribution in [0.15, 0.2) is 188 Å². The van der Waals surface area contributed by atoms with Crippen molar-refractivity contribution in [1.82, 2.24) is 15.0 Å². The van der Waals surface area contributed by atoms with Crippen molar-refractivity contribution in [3.05, 3.63) is 221 Å². The van der Waals surface area contributed by atoms with E-state index in [2.05, 4.69) is 166 Å². The lowest BCUT2D eigenvalue weighted by Gasteiger charge is -2.46. The molecule has 0 saturated carbocycles. The monoisotopic (exact) mass is 715 g/mol. The number of nitrogens with zero attached hydrogens (tertiary/aromatic N) is 3. The van der Waals surface area contributed by atoms with Crippen LogP contribution in [0.5, 0.6) is 0 Å². The van der Waals surface area contributed by atoms with E-state index in [4.69, 9.17) is 15.0 Å². The molecule has 0 unspecified atom stereocenters. The average molecular weight is 716 g/mol. The van der Waals surface area contributed by atoms with E-state index < -0.39 is 5.41 Å². The van der Waals surface area contributed by atoms with Crippen LogP contribution in [-0.4, -0.2) is 15.0 Å². The summed E-state index contributed by atoms with van der Waals surface area (Å²) in [5.41, 5.74) is 15.4. The number of aromatic nitrogens is 3. The number of hydrogen-bond donors (Lipinski definition) is 0. The Balaban J connectivity index is 1.17. The van der Waals surface area contributed by atoms with Crippen LogP contribution in [0.2, 0.25) is 0 Å². The lowest BCUT2D eigenvalue weighted by Crippen LogP contribution is -2.40. The van der Waals surface area contributed by atoms with Crippen molar-refractivity contribution < 1.29 is 0 Å². The molecule has 8 aromatic carbocycles. The van der Waals surface area contributed by atoms with E-state index in [9.17, 15) is 0 Å². The molecule has 264 valence electrons. The topological polar surface area (TPSA) is 38.7 Å². The molecule has 0 atom stereocenters. The normalized spacial score (nSPS) is 14.2. The zero-order chi connectivity index (χ0) is 37.4. The maximum atomic E-state index is 5.13. The number of fused-ring (bicyclic) bond motifs is 10. The van der Waals surface area contributed by atoms with Gasteiger partial charge >= 0.3 is 0 Å². The minimum atomic E-state index is -0.451. The first kappa shape index (κ1) is 32.5. The second-order valence-electron chi connectivity index (χ2n) is 15.5. The Labute approximate surface area is 327 Å². The van der Waals surface area contributed by atoms with Crippen LogP contribution in [0.1, 0.15) is 47.2 Å². The van der Waals surface area contributed by atoms with Crippen molar-refractivity contribution in [1.29, 1.82) is 0 Å². The maximum absolute atomic E-state index is 5.13. The molecule has 2 aliphatic rings. The number of hydrogen-bond acceptors (Lipinski definition) is 3. The molecule has 9 aromatic rings. The third kappa shape index (κ3) is 4.55. The molecule has 0 bridgehead atoms. The van der Waals surface area contributed by atoms with Crippen molar-refractivity contribution in [2.24, 2.45) is 0 Å². The lowest BCUT2D eigenvalue weighted by atomic mass is 9.55. The highest BCUT2D eigenvalue weighted by atomic mass is 15.0. The predicted octanol–water partition coefficient (Wildman–Crippen LogP) is 12.7. The Morgan fingerprint density at radius 2 is 0.732 bits per heavy atom. The Morgan fingerprint density at radius 3 is 1.34 bits per heavy atom. The zero-order valence-corrected chi connectivity index (χ0v) is 31.2. The quantitative estimate of drug-likeness (QED) is 0.182. The second-order valence-corrected chi connectivity index (χ2v) is 15.5. The minimum absolute atomic E-state index is 0.143. The summed E-state index contributed by atoms with van der Waals surface area (Å²) in [6.07, 6.45) is 0. The number of benzene rings is 8. The lowest BCUT2D eigenvalue weighted by molar-refractivity contribution is 0.563. The van der Waals surface area contributed by atoms with Crippen LogP contribution in [0.4, 0.5) is 0 Å². The SMILES string of the molecule is CC1(C)c2ccccc2C2(c3ccccc3-c3c(-c4ccc(-c5nc(-c6ccccc6)nc(-c6ccccc6)n5)c5ccccc45)cccc32)c2ccccc21. The predicted molar refractivity (Wildman–Crippen MR) is 229 cm³/mol. The fourth-order valence-electron chi connectivity index (χ4n) is 9.79. The average Bonchev–Trinajstić information content (AvgIpc) is 3.57. The van der Waals surface area contributed by atoms with E-state index >= 15 is 0 Å². The highest BCUT2D eigenvalue weighted by Crippen LogP contribution is 2.63. The molecular weight excluding hydrogens is 679 g/mol. The third-order valence-electron chi connectivity index (χ3n) is 12.2. The summed E-state index contributed by atoms with van der Waals surface area (Å²) in [5, 5.41) is 2.26. The molecule has 0 amide bonds. The molecule has 3 nitrogen and oxygen atoms in total. The highest BCUT2D eigenvalue weighted by molar-refractivity contribution is 6.08. The van der Waals surface area contributed by atoms with Crippen molar-refractivity contribution in [3.8, 4) is 56.4 Å². The summed E-state index contributed by atoms with van der Waals surface area (Å²) in [7, 11) is 0. The summed E-state index contributed by atoms with van der Waals surface area (Å²) < 4.78 is 0. The molecule has 1 spiro atoms. The van der Waals surface area contributed by atoms with Crippen molar-refractivity contribution in [2.45, 2.75) is 24.7 Å². The highest BCUT2D eigenvalue weighted by Gasteiger charge is 2.53. The maximum Gasteiger partial charge on any atom is 0.164 e. The van der Waals surface area contributed by atoms with Gasteiger partial charge in [0.05, 0.1) is 5.41 Å². The van der Waals surface area contributed by atoms with E-state index in [1.165, 1.54) is 55.6 Å². The fraction of sp³-hybridized carbons (Fsp3) is 0.0755. The molecule has 56 heavy (non-hydrogen) atoms. The summed E-state index contributed by atoms with van der Waals surface area (Å²) in [6, 6.07) is 67.9. The van der Waals surface area contributed by atoms with Crippen LogP contribution >= 0.6 is 0 Å². The number of rotatable bonds is 4. The van der Waals surface area contributed by atoms with Crippen LogP contribution in [0.25, 0.3) is 67.2 Å². The van der Waals surface area contributed by atoms with E-state index in [1.807, 2.05) is 36.4 Å². The Bertz CT molecular complexity index is 2890. The van der Waals surface area contributed by atoms with Gasteiger partial charge in [0.2, 0.25) is 0 Å². The molecule has 0 radical (unpaired) electrons. The van der Waals surface area contributed by atoms with Crippen LogP contribution in [0, 0.1) is 0 Å². The van der Waals surface area contributed by atoms with Gasteiger partial charge in [0.15, 0.2) is 17.5 Å². The van der Waals surface area contributed by atoms with Crippen molar-refractivity contribution in [2.75, 3.05) is 0 Å². The van der Waals surface area contributed by atoms with E-state index in [0.717, 1.165) is 27.5 Å². The van der Waals surface area contributed by atoms with E-state index in [0.29, 0.717) is 17.5 Å². The first-order chi connectivity index (χ1) is 27.5. The van der Waals surface area contributed by atoms with Crippen molar-refractivity contribution in [3.63, 3.8) is 0 Å². The zero-order valence-electron chi connectivity index (χ0n) is 31.2. The molecule has 2 aliphatic carbocycles. The van der Waals surface area contributed by atoms with E-state index in [-0.39, 0.29) is 5.41 Å². The van der Waals surface area contributed by atoms with E-state index in [1.54, 1.807) is 0 Å². The van der Waals surface area contributed by atoms with Gasteiger partial charge in [0.25, 0.3) is 0 Å². The van der Waals surface area contributed by atoms with Crippen LogP contribution < -0.4 is 0 Å². The van der Waals surface area contributed by atoms with Crippen LogP contribution in [0.3, 0.4) is 0 Å². The van der Waals surface area contributed by atoms with Gasteiger partial charge in [-0.2, -0.15) is 0 Å². The molecule has 1 heterocycles. The molecule has 3 heteroatoms. The Hall–Kier alpha value is -6.97. The standard InChI is InChI=1S/C53H37N3/c1-52(2)43-27-13-15-29-45(43)53(46-30-16-14-28-44(46)52)42-26-12-11-24-41(42)48-39(25-17-31-47(48)53)38-32-33-40(37-23-10-9-22-36(37)38)51-55-49(34-18-5-3-6-19-34)54-50(56-51)35-20-7-4-8-21-35/h3-33H,1-2H3. The van der Waals surface area contributed by atoms with Gasteiger partial charge in [0, 0.05) is 22.1 Å². The summed E-state index contributed by atoms with van der Waals surface area (Å²) in [4.78, 5) is 15.2.